The van der Waals surface area contributed by atoms with E-state index in [9.17, 15) is 0 Å². The second-order valence-corrected chi connectivity index (χ2v) is 4.90. The summed E-state index contributed by atoms with van der Waals surface area (Å²) in [5.74, 6) is 0.789. The molecule has 0 amide bonds. The van der Waals surface area contributed by atoms with Gasteiger partial charge in [0.15, 0.2) is 0 Å². The molecule has 0 saturated heterocycles. The van der Waals surface area contributed by atoms with Crippen molar-refractivity contribution in [2.75, 3.05) is 0 Å². The van der Waals surface area contributed by atoms with Gasteiger partial charge in [0, 0.05) is 11.1 Å². The van der Waals surface area contributed by atoms with Crippen molar-refractivity contribution < 1.29 is 0 Å². The second-order valence-electron chi connectivity index (χ2n) is 2.99. The first-order chi connectivity index (χ1) is 7.25. The van der Waals surface area contributed by atoms with Crippen molar-refractivity contribution in [3.8, 4) is 0 Å². The highest BCUT2D eigenvalue weighted by molar-refractivity contribution is 9.10. The lowest BCUT2D eigenvalue weighted by atomic mass is 10.4. The Bertz CT molecular complexity index is 459. The van der Waals surface area contributed by atoms with E-state index in [-0.39, 0.29) is 0 Å². The van der Waals surface area contributed by atoms with Gasteiger partial charge in [0.25, 0.3) is 0 Å². The van der Waals surface area contributed by atoms with Gasteiger partial charge in [0.1, 0.15) is 10.9 Å². The van der Waals surface area contributed by atoms with Crippen LogP contribution in [0, 0.1) is 6.92 Å². The highest BCUT2D eigenvalue weighted by atomic mass is 79.9. The number of nitrogens with zero attached hydrogens (tertiary/aromatic N) is 2. The molecule has 0 atom stereocenters. The van der Waals surface area contributed by atoms with Gasteiger partial charge in [0.05, 0.1) is 4.47 Å². The zero-order chi connectivity index (χ0) is 10.7. The van der Waals surface area contributed by atoms with Crippen molar-refractivity contribution in [3.63, 3.8) is 0 Å². The van der Waals surface area contributed by atoms with E-state index in [4.69, 9.17) is 0 Å². The third kappa shape index (κ3) is 2.79. The summed E-state index contributed by atoms with van der Waals surface area (Å²) >= 11 is 5.07. The molecule has 0 aliphatic heterocycles. The molecule has 0 spiro atoms. The molecule has 0 unspecified atom stereocenters. The lowest BCUT2D eigenvalue weighted by Crippen LogP contribution is -1.89. The quantitative estimate of drug-likeness (QED) is 0.785. The van der Waals surface area contributed by atoms with Gasteiger partial charge in [-0.2, -0.15) is 0 Å². The fourth-order valence-corrected chi connectivity index (χ4v) is 2.38. The summed E-state index contributed by atoms with van der Waals surface area (Å²) in [5, 5.41) is 0.953. The molecule has 76 valence electrons. The van der Waals surface area contributed by atoms with E-state index >= 15 is 0 Å². The smallest absolute Gasteiger partial charge is 0.126 e. The zero-order valence-corrected chi connectivity index (χ0v) is 10.5. The van der Waals surface area contributed by atoms with E-state index in [1.54, 1.807) is 18.0 Å². The van der Waals surface area contributed by atoms with Crippen LogP contribution in [0.4, 0.5) is 0 Å². The largest absolute Gasteiger partial charge is 0.240 e. The Morgan fingerprint density at radius 1 is 1.20 bits per heavy atom. The van der Waals surface area contributed by atoms with E-state index in [1.807, 2.05) is 25.1 Å². The molecule has 1 aromatic carbocycles. The molecule has 0 aliphatic rings. The number of aryl methyl sites for hydroxylation is 1. The summed E-state index contributed by atoms with van der Waals surface area (Å²) < 4.78 is 0.932. The van der Waals surface area contributed by atoms with Crippen LogP contribution in [0.15, 0.2) is 50.9 Å². The molecule has 0 saturated carbocycles. The summed E-state index contributed by atoms with van der Waals surface area (Å²) in [4.78, 5) is 9.66. The maximum atomic E-state index is 4.37. The van der Waals surface area contributed by atoms with Crippen LogP contribution >= 0.6 is 27.7 Å². The molecule has 1 heterocycles. The van der Waals surface area contributed by atoms with Crippen LogP contribution in [0.25, 0.3) is 0 Å². The van der Waals surface area contributed by atoms with Gasteiger partial charge in [-0.1, -0.05) is 30.0 Å². The Morgan fingerprint density at radius 2 is 1.93 bits per heavy atom. The summed E-state index contributed by atoms with van der Waals surface area (Å²) in [6, 6.07) is 10.2. The first-order valence-corrected chi connectivity index (χ1v) is 6.09. The number of hydrogen-bond donors (Lipinski definition) is 0. The average Bonchev–Trinajstić information content (AvgIpc) is 2.25. The van der Waals surface area contributed by atoms with Crippen molar-refractivity contribution in [1.82, 2.24) is 9.97 Å². The molecule has 0 radical (unpaired) electrons. The number of aromatic nitrogens is 2. The molecule has 0 fully saturated rings. The predicted molar refractivity (Wildman–Crippen MR) is 65.0 cm³/mol. The Balaban J connectivity index is 2.28. The molecule has 0 bridgehead atoms. The number of halogens is 1. The van der Waals surface area contributed by atoms with Crippen LogP contribution in [0.5, 0.6) is 0 Å². The van der Waals surface area contributed by atoms with Gasteiger partial charge in [-0.3, -0.25) is 0 Å². The summed E-state index contributed by atoms with van der Waals surface area (Å²) in [6.07, 6.45) is 1.79. The van der Waals surface area contributed by atoms with Crippen molar-refractivity contribution >= 4 is 27.7 Å². The Kier molecular flexibility index (Phi) is 3.38. The number of hydrogen-bond acceptors (Lipinski definition) is 3. The first-order valence-electron chi connectivity index (χ1n) is 4.48. The maximum Gasteiger partial charge on any atom is 0.126 e. The molecule has 2 nitrogen and oxygen atoms in total. The van der Waals surface area contributed by atoms with E-state index < -0.39 is 0 Å². The second kappa shape index (κ2) is 4.77. The SMILES string of the molecule is Cc1ncc(Br)c(Sc2ccccc2)n1. The first kappa shape index (κ1) is 10.6. The van der Waals surface area contributed by atoms with Gasteiger partial charge in [-0.15, -0.1) is 0 Å². The fourth-order valence-electron chi connectivity index (χ4n) is 1.11. The van der Waals surface area contributed by atoms with Crippen molar-refractivity contribution in [3.05, 3.63) is 46.8 Å². The van der Waals surface area contributed by atoms with Crippen molar-refractivity contribution in [1.29, 1.82) is 0 Å². The molecule has 15 heavy (non-hydrogen) atoms. The van der Waals surface area contributed by atoms with Gasteiger partial charge >= 0.3 is 0 Å². The molecule has 1 aromatic heterocycles. The van der Waals surface area contributed by atoms with Crippen LogP contribution in [0.3, 0.4) is 0 Å². The van der Waals surface area contributed by atoms with Crippen LogP contribution in [-0.2, 0) is 0 Å². The minimum absolute atomic E-state index is 0.789. The highest BCUT2D eigenvalue weighted by Gasteiger charge is 2.04. The van der Waals surface area contributed by atoms with Gasteiger partial charge in [-0.05, 0) is 35.0 Å². The third-order valence-corrected chi connectivity index (χ3v) is 3.65. The lowest BCUT2D eigenvalue weighted by molar-refractivity contribution is 0.952. The standard InChI is InChI=1S/C11H9BrN2S/c1-8-13-7-10(12)11(14-8)15-9-5-3-2-4-6-9/h2-7H,1H3. The van der Waals surface area contributed by atoms with E-state index in [0.29, 0.717) is 0 Å². The summed E-state index contributed by atoms with van der Waals surface area (Å²) in [6.45, 7) is 1.89. The normalized spacial score (nSPS) is 10.3. The number of benzene rings is 1. The highest BCUT2D eigenvalue weighted by Crippen LogP contribution is 2.30. The Hall–Kier alpha value is -0.870. The third-order valence-electron chi connectivity index (χ3n) is 1.79. The Labute approximate surface area is 101 Å². The van der Waals surface area contributed by atoms with E-state index in [1.165, 1.54) is 4.90 Å². The minimum Gasteiger partial charge on any atom is -0.240 e. The predicted octanol–water partition coefficient (Wildman–Crippen LogP) is 3.70. The van der Waals surface area contributed by atoms with Crippen molar-refractivity contribution in [2.45, 2.75) is 16.8 Å². The van der Waals surface area contributed by atoms with E-state index in [2.05, 4.69) is 38.0 Å². The molecule has 4 heteroatoms. The van der Waals surface area contributed by atoms with Crippen LogP contribution < -0.4 is 0 Å². The zero-order valence-electron chi connectivity index (χ0n) is 8.14. The molecule has 2 aromatic rings. The van der Waals surface area contributed by atoms with Crippen LogP contribution in [0.2, 0.25) is 0 Å². The van der Waals surface area contributed by atoms with Crippen molar-refractivity contribution in [2.24, 2.45) is 0 Å². The molecular weight excluding hydrogens is 272 g/mol. The lowest BCUT2D eigenvalue weighted by Gasteiger charge is -2.03. The Morgan fingerprint density at radius 3 is 2.67 bits per heavy atom. The van der Waals surface area contributed by atoms with Crippen LogP contribution in [-0.4, -0.2) is 9.97 Å². The van der Waals surface area contributed by atoms with Crippen LogP contribution in [0.1, 0.15) is 5.82 Å². The summed E-state index contributed by atoms with van der Waals surface area (Å²) in [5.41, 5.74) is 0. The monoisotopic (exact) mass is 280 g/mol. The fraction of sp³-hybridized carbons (Fsp3) is 0.0909. The topological polar surface area (TPSA) is 25.8 Å². The minimum atomic E-state index is 0.789. The molecule has 2 rings (SSSR count). The van der Waals surface area contributed by atoms with E-state index in [0.717, 1.165) is 15.3 Å². The number of rotatable bonds is 2. The maximum absolute atomic E-state index is 4.37. The average molecular weight is 281 g/mol. The summed E-state index contributed by atoms with van der Waals surface area (Å²) in [7, 11) is 0. The van der Waals surface area contributed by atoms with Gasteiger partial charge < -0.3 is 0 Å². The van der Waals surface area contributed by atoms with Gasteiger partial charge in [0.2, 0.25) is 0 Å². The molecule has 0 aliphatic carbocycles. The molecule has 0 N–H and O–H groups in total. The van der Waals surface area contributed by atoms with Gasteiger partial charge in [-0.25, -0.2) is 9.97 Å². The molecular formula is C11H9BrN2S.